The zero-order valence-electron chi connectivity index (χ0n) is 30.1. The van der Waals surface area contributed by atoms with Crippen LogP contribution >= 0.6 is 11.3 Å². The van der Waals surface area contributed by atoms with E-state index in [0.29, 0.717) is 17.5 Å². The number of thiophene rings is 1. The molecule has 0 aliphatic rings. The Morgan fingerprint density at radius 1 is 0.339 bits per heavy atom. The molecule has 3 aromatic heterocycles. The number of benzene rings is 8. The Hall–Kier alpha value is -7.21. The van der Waals surface area contributed by atoms with Crippen molar-refractivity contribution in [2.45, 2.75) is 0 Å². The first-order valence-electron chi connectivity index (χ1n) is 18.7. The third kappa shape index (κ3) is 5.56. The molecule has 8 aromatic carbocycles. The lowest BCUT2D eigenvalue weighted by molar-refractivity contribution is 0.669. The molecule has 0 fully saturated rings. The lowest BCUT2D eigenvalue weighted by Gasteiger charge is -2.10. The van der Waals surface area contributed by atoms with E-state index in [1.54, 1.807) is 0 Å². The fourth-order valence-corrected chi connectivity index (χ4v) is 8.98. The fraction of sp³-hybridized carbons (Fsp3) is 0. The second-order valence-electron chi connectivity index (χ2n) is 14.0. The van der Waals surface area contributed by atoms with E-state index in [2.05, 4.69) is 121 Å². The molecule has 262 valence electrons. The van der Waals surface area contributed by atoms with Gasteiger partial charge in [-0.15, -0.1) is 11.3 Å². The summed E-state index contributed by atoms with van der Waals surface area (Å²) in [6, 6.07) is 65.8. The minimum atomic E-state index is 0.570. The van der Waals surface area contributed by atoms with Crippen molar-refractivity contribution in [1.82, 2.24) is 15.0 Å². The van der Waals surface area contributed by atoms with E-state index < -0.39 is 0 Å². The molecule has 56 heavy (non-hydrogen) atoms. The summed E-state index contributed by atoms with van der Waals surface area (Å²) in [4.78, 5) is 14.9. The second-order valence-corrected chi connectivity index (χ2v) is 15.0. The molecule has 0 aliphatic carbocycles. The van der Waals surface area contributed by atoms with Gasteiger partial charge in [-0.3, -0.25) is 0 Å². The van der Waals surface area contributed by atoms with Crippen molar-refractivity contribution < 1.29 is 4.42 Å². The molecule has 0 amide bonds. The molecule has 0 spiro atoms. The van der Waals surface area contributed by atoms with Crippen LogP contribution in [0.5, 0.6) is 0 Å². The topological polar surface area (TPSA) is 51.8 Å². The van der Waals surface area contributed by atoms with Crippen LogP contribution in [0.3, 0.4) is 0 Å². The van der Waals surface area contributed by atoms with Crippen molar-refractivity contribution in [3.63, 3.8) is 0 Å². The standard InChI is InChI=1S/C51H31N3OS/c1-4-13-32(14-5-1)33-23-25-34(26-24-33)38-29-43(48-44(30-38)40-19-10-11-22-46(40)56-48)37-27-28-39-41-20-12-21-42(47(41)55-45(39)31-37)51-53-49(35-15-6-2-7-16-35)52-50(54-51)36-17-8-3-9-18-36/h1-31H. The van der Waals surface area contributed by atoms with Gasteiger partial charge in [0.25, 0.3) is 0 Å². The lowest BCUT2D eigenvalue weighted by Crippen LogP contribution is -2.00. The smallest absolute Gasteiger partial charge is 0.167 e. The van der Waals surface area contributed by atoms with Gasteiger partial charge in [0.1, 0.15) is 11.2 Å². The number of para-hydroxylation sites is 1. The van der Waals surface area contributed by atoms with Crippen LogP contribution in [0, 0.1) is 0 Å². The molecule has 0 unspecified atom stereocenters. The normalized spacial score (nSPS) is 11.6. The Bertz CT molecular complexity index is 3170. The van der Waals surface area contributed by atoms with Crippen LogP contribution in [0.2, 0.25) is 0 Å². The highest BCUT2D eigenvalue weighted by molar-refractivity contribution is 7.26. The number of hydrogen-bond donors (Lipinski definition) is 0. The van der Waals surface area contributed by atoms with Gasteiger partial charge in [0.2, 0.25) is 0 Å². The van der Waals surface area contributed by atoms with Crippen LogP contribution in [-0.2, 0) is 0 Å². The van der Waals surface area contributed by atoms with Crippen LogP contribution in [0.1, 0.15) is 0 Å². The van der Waals surface area contributed by atoms with E-state index in [0.717, 1.165) is 44.2 Å². The first kappa shape index (κ1) is 32.2. The van der Waals surface area contributed by atoms with Gasteiger partial charge >= 0.3 is 0 Å². The quantitative estimate of drug-likeness (QED) is 0.171. The Labute approximate surface area is 327 Å². The van der Waals surface area contributed by atoms with E-state index in [-0.39, 0.29) is 0 Å². The number of fused-ring (bicyclic) bond motifs is 6. The summed E-state index contributed by atoms with van der Waals surface area (Å²) in [5.41, 5.74) is 11.3. The SMILES string of the molecule is c1ccc(-c2ccc(-c3cc(-c4ccc5c(c4)oc4c(-c6nc(-c7ccccc7)nc(-c7ccccc7)n6)cccc45)c4sc5ccccc5c4c3)cc2)cc1. The number of aromatic nitrogens is 3. The number of hydrogen-bond acceptors (Lipinski definition) is 5. The molecule has 0 bridgehead atoms. The van der Waals surface area contributed by atoms with Crippen molar-refractivity contribution in [2.24, 2.45) is 0 Å². The van der Waals surface area contributed by atoms with Gasteiger partial charge in [-0.2, -0.15) is 0 Å². The molecule has 0 radical (unpaired) electrons. The highest BCUT2D eigenvalue weighted by Gasteiger charge is 2.19. The largest absolute Gasteiger partial charge is 0.455 e. The van der Waals surface area contributed by atoms with Crippen molar-refractivity contribution in [3.05, 3.63) is 188 Å². The zero-order valence-corrected chi connectivity index (χ0v) is 30.9. The third-order valence-electron chi connectivity index (χ3n) is 10.6. The van der Waals surface area contributed by atoms with Gasteiger partial charge in [-0.1, -0.05) is 152 Å². The van der Waals surface area contributed by atoms with E-state index in [1.807, 2.05) is 78.1 Å². The number of rotatable bonds is 6. The molecule has 0 atom stereocenters. The molecule has 11 aromatic rings. The number of furan rings is 1. The maximum absolute atomic E-state index is 6.84. The van der Waals surface area contributed by atoms with Gasteiger partial charge in [0.15, 0.2) is 17.5 Å². The Kier molecular flexibility index (Phi) is 7.64. The Morgan fingerprint density at radius 2 is 0.893 bits per heavy atom. The summed E-state index contributed by atoms with van der Waals surface area (Å²) >= 11 is 1.84. The Balaban J connectivity index is 1.07. The molecule has 0 aliphatic heterocycles. The molecule has 11 rings (SSSR count). The molecule has 4 nitrogen and oxygen atoms in total. The molecule has 0 saturated carbocycles. The number of nitrogens with zero attached hydrogens (tertiary/aromatic N) is 3. The van der Waals surface area contributed by atoms with Gasteiger partial charge in [-0.25, -0.2) is 15.0 Å². The van der Waals surface area contributed by atoms with Crippen LogP contribution in [-0.4, -0.2) is 15.0 Å². The van der Waals surface area contributed by atoms with Crippen molar-refractivity contribution in [3.8, 4) is 67.5 Å². The summed E-state index contributed by atoms with van der Waals surface area (Å²) in [6.45, 7) is 0. The minimum absolute atomic E-state index is 0.570. The second kappa shape index (κ2) is 13.3. The zero-order chi connectivity index (χ0) is 37.0. The summed E-state index contributed by atoms with van der Waals surface area (Å²) in [5.74, 6) is 1.80. The minimum Gasteiger partial charge on any atom is -0.455 e. The molecule has 5 heteroatoms. The first-order chi connectivity index (χ1) is 27.7. The fourth-order valence-electron chi connectivity index (χ4n) is 7.76. The van der Waals surface area contributed by atoms with Crippen LogP contribution in [0.25, 0.3) is 110 Å². The summed E-state index contributed by atoms with van der Waals surface area (Å²) in [6.07, 6.45) is 0. The molecule has 0 N–H and O–H groups in total. The molecular formula is C51H31N3OS. The van der Waals surface area contributed by atoms with Gasteiger partial charge in [-0.05, 0) is 64.2 Å². The van der Waals surface area contributed by atoms with E-state index >= 15 is 0 Å². The Morgan fingerprint density at radius 3 is 1.59 bits per heavy atom. The highest BCUT2D eigenvalue weighted by atomic mass is 32.1. The van der Waals surface area contributed by atoms with E-state index in [1.165, 1.54) is 48.0 Å². The average molecular weight is 734 g/mol. The molecule has 0 saturated heterocycles. The highest BCUT2D eigenvalue weighted by Crippen LogP contribution is 2.44. The van der Waals surface area contributed by atoms with Gasteiger partial charge in [0, 0.05) is 47.6 Å². The first-order valence-corrected chi connectivity index (χ1v) is 19.5. The lowest BCUT2D eigenvalue weighted by atomic mass is 9.94. The monoisotopic (exact) mass is 733 g/mol. The summed E-state index contributed by atoms with van der Waals surface area (Å²) in [5, 5.41) is 4.60. The van der Waals surface area contributed by atoms with Crippen LogP contribution < -0.4 is 0 Å². The predicted molar refractivity (Wildman–Crippen MR) is 233 cm³/mol. The van der Waals surface area contributed by atoms with E-state index in [4.69, 9.17) is 19.4 Å². The van der Waals surface area contributed by atoms with Crippen molar-refractivity contribution in [2.75, 3.05) is 0 Å². The van der Waals surface area contributed by atoms with Gasteiger partial charge in [0.05, 0.1) is 5.56 Å². The third-order valence-corrected chi connectivity index (χ3v) is 11.8. The maximum atomic E-state index is 6.84. The average Bonchev–Trinajstić information content (AvgIpc) is 3.85. The van der Waals surface area contributed by atoms with Crippen LogP contribution in [0.15, 0.2) is 192 Å². The molecular weight excluding hydrogens is 703 g/mol. The maximum Gasteiger partial charge on any atom is 0.167 e. The predicted octanol–water partition coefficient (Wildman–Crippen LogP) is 14.1. The van der Waals surface area contributed by atoms with Crippen molar-refractivity contribution in [1.29, 1.82) is 0 Å². The molecule has 3 heterocycles. The summed E-state index contributed by atoms with van der Waals surface area (Å²) in [7, 11) is 0. The van der Waals surface area contributed by atoms with Gasteiger partial charge < -0.3 is 4.42 Å². The van der Waals surface area contributed by atoms with Crippen molar-refractivity contribution >= 4 is 53.4 Å². The van der Waals surface area contributed by atoms with E-state index in [9.17, 15) is 0 Å². The van der Waals surface area contributed by atoms with Crippen LogP contribution in [0.4, 0.5) is 0 Å². The summed E-state index contributed by atoms with van der Waals surface area (Å²) < 4.78 is 9.37.